The highest BCUT2D eigenvalue weighted by molar-refractivity contribution is 7.13. The third-order valence-electron chi connectivity index (χ3n) is 3.50. The van der Waals surface area contributed by atoms with Crippen molar-refractivity contribution in [3.8, 4) is 0 Å². The number of carbonyl (C=O) groups excluding carboxylic acids is 1. The number of nitrogens with two attached hydrogens (primary N) is 1. The SMILES string of the molecule is Nc1cc(C(=O)N2CCN(c3nccs3)CC2)ccc1F. The fraction of sp³-hybridized carbons (Fsp3) is 0.286. The Hall–Kier alpha value is -2.15. The predicted octanol–water partition coefficient (Wildman–Crippen LogP) is 1.83. The summed E-state index contributed by atoms with van der Waals surface area (Å²) >= 11 is 1.59. The first-order valence-corrected chi connectivity index (χ1v) is 7.52. The van der Waals surface area contributed by atoms with Crippen molar-refractivity contribution in [1.29, 1.82) is 0 Å². The minimum Gasteiger partial charge on any atom is -0.396 e. The van der Waals surface area contributed by atoms with Crippen LogP contribution in [0.3, 0.4) is 0 Å². The lowest BCUT2D eigenvalue weighted by Gasteiger charge is -2.34. The summed E-state index contributed by atoms with van der Waals surface area (Å²) in [6, 6.07) is 4.10. The van der Waals surface area contributed by atoms with Crippen molar-refractivity contribution in [2.75, 3.05) is 36.8 Å². The van der Waals surface area contributed by atoms with Gasteiger partial charge < -0.3 is 15.5 Å². The molecule has 2 N–H and O–H groups in total. The first-order chi connectivity index (χ1) is 10.1. The Bertz CT molecular complexity index is 638. The molecule has 2 aromatic rings. The fourth-order valence-corrected chi connectivity index (χ4v) is 3.03. The van der Waals surface area contributed by atoms with Crippen molar-refractivity contribution < 1.29 is 9.18 Å². The van der Waals surface area contributed by atoms with Crippen LogP contribution in [0.5, 0.6) is 0 Å². The van der Waals surface area contributed by atoms with E-state index >= 15 is 0 Å². The number of hydrogen-bond donors (Lipinski definition) is 1. The van der Waals surface area contributed by atoms with Crippen LogP contribution in [-0.4, -0.2) is 42.0 Å². The van der Waals surface area contributed by atoms with E-state index in [1.54, 1.807) is 22.4 Å². The Morgan fingerprint density at radius 2 is 2.05 bits per heavy atom. The molecule has 1 aromatic carbocycles. The molecule has 1 saturated heterocycles. The van der Waals surface area contributed by atoms with E-state index in [0.29, 0.717) is 18.7 Å². The van der Waals surface area contributed by atoms with Gasteiger partial charge in [0.05, 0.1) is 5.69 Å². The van der Waals surface area contributed by atoms with Crippen molar-refractivity contribution in [1.82, 2.24) is 9.88 Å². The molecule has 0 saturated carbocycles. The number of piperazine rings is 1. The molecule has 1 aliphatic heterocycles. The van der Waals surface area contributed by atoms with Crippen molar-refractivity contribution in [3.05, 3.63) is 41.2 Å². The summed E-state index contributed by atoms with van der Waals surface area (Å²) in [6.45, 7) is 2.73. The average molecular weight is 306 g/mol. The van der Waals surface area contributed by atoms with Gasteiger partial charge in [0.15, 0.2) is 5.13 Å². The van der Waals surface area contributed by atoms with Gasteiger partial charge in [-0.15, -0.1) is 11.3 Å². The average Bonchev–Trinajstić information content (AvgIpc) is 3.04. The standard InChI is InChI=1S/C14H15FN4OS/c15-11-2-1-10(9-12(11)16)13(20)18-4-6-19(7-5-18)14-17-3-8-21-14/h1-3,8-9H,4-7,16H2. The smallest absolute Gasteiger partial charge is 0.254 e. The number of hydrogen-bond acceptors (Lipinski definition) is 5. The second kappa shape index (κ2) is 5.69. The van der Waals surface area contributed by atoms with E-state index in [0.717, 1.165) is 18.2 Å². The van der Waals surface area contributed by atoms with Crippen molar-refractivity contribution in [2.45, 2.75) is 0 Å². The topological polar surface area (TPSA) is 62.5 Å². The maximum atomic E-state index is 13.2. The molecular weight excluding hydrogens is 291 g/mol. The minimum atomic E-state index is -0.500. The summed E-state index contributed by atoms with van der Waals surface area (Å²) in [4.78, 5) is 20.6. The first kappa shape index (κ1) is 13.8. The van der Waals surface area contributed by atoms with Crippen molar-refractivity contribution in [2.24, 2.45) is 0 Å². The molecule has 0 bridgehead atoms. The van der Waals surface area contributed by atoms with E-state index < -0.39 is 5.82 Å². The maximum Gasteiger partial charge on any atom is 0.254 e. The van der Waals surface area contributed by atoms with Gasteiger partial charge in [0.25, 0.3) is 5.91 Å². The lowest BCUT2D eigenvalue weighted by molar-refractivity contribution is 0.0747. The summed E-state index contributed by atoms with van der Waals surface area (Å²) in [5.74, 6) is -0.611. The van der Waals surface area contributed by atoms with E-state index in [9.17, 15) is 9.18 Å². The molecule has 0 atom stereocenters. The molecule has 1 aromatic heterocycles. The monoisotopic (exact) mass is 306 g/mol. The third-order valence-corrected chi connectivity index (χ3v) is 4.33. The number of halogens is 1. The van der Waals surface area contributed by atoms with E-state index in [4.69, 9.17) is 5.73 Å². The molecule has 7 heteroatoms. The largest absolute Gasteiger partial charge is 0.396 e. The quantitative estimate of drug-likeness (QED) is 0.860. The van der Waals surface area contributed by atoms with Gasteiger partial charge in [0, 0.05) is 43.3 Å². The van der Waals surface area contributed by atoms with Gasteiger partial charge in [-0.3, -0.25) is 4.79 Å². The Balaban J connectivity index is 1.66. The Morgan fingerprint density at radius 3 is 2.67 bits per heavy atom. The summed E-state index contributed by atoms with van der Waals surface area (Å²) in [5, 5.41) is 2.92. The molecule has 1 aliphatic rings. The second-order valence-corrected chi connectivity index (χ2v) is 5.70. The first-order valence-electron chi connectivity index (χ1n) is 6.64. The second-order valence-electron chi connectivity index (χ2n) is 4.83. The summed E-state index contributed by atoms with van der Waals surface area (Å²) in [6.07, 6.45) is 1.78. The van der Waals surface area contributed by atoms with Crippen LogP contribution in [0.2, 0.25) is 0 Å². The Morgan fingerprint density at radius 1 is 1.29 bits per heavy atom. The Labute approximate surface area is 125 Å². The zero-order chi connectivity index (χ0) is 14.8. The highest BCUT2D eigenvalue weighted by atomic mass is 32.1. The van der Waals surface area contributed by atoms with Crippen molar-refractivity contribution in [3.63, 3.8) is 0 Å². The predicted molar refractivity (Wildman–Crippen MR) is 81.0 cm³/mol. The van der Waals surface area contributed by atoms with E-state index in [2.05, 4.69) is 9.88 Å². The fourth-order valence-electron chi connectivity index (χ4n) is 2.33. The number of rotatable bonds is 2. The molecule has 1 fully saturated rings. The number of nitrogen functional groups attached to an aromatic ring is 1. The number of anilines is 2. The molecule has 2 heterocycles. The minimum absolute atomic E-state index is 0.00210. The van der Waals surface area contributed by atoms with Crippen LogP contribution in [0.1, 0.15) is 10.4 Å². The molecule has 3 rings (SSSR count). The third kappa shape index (κ3) is 2.82. The molecule has 21 heavy (non-hydrogen) atoms. The van der Waals surface area contributed by atoms with Crippen LogP contribution in [-0.2, 0) is 0 Å². The van der Waals surface area contributed by atoms with Gasteiger partial charge in [0.1, 0.15) is 5.82 Å². The normalized spacial score (nSPS) is 15.3. The Kier molecular flexibility index (Phi) is 3.74. The lowest BCUT2D eigenvalue weighted by atomic mass is 10.1. The van der Waals surface area contributed by atoms with Crippen LogP contribution in [0.4, 0.5) is 15.2 Å². The van der Waals surface area contributed by atoms with Gasteiger partial charge >= 0.3 is 0 Å². The summed E-state index contributed by atoms with van der Waals surface area (Å²) < 4.78 is 13.2. The molecule has 0 unspecified atom stereocenters. The number of aromatic nitrogens is 1. The zero-order valence-electron chi connectivity index (χ0n) is 11.3. The lowest BCUT2D eigenvalue weighted by Crippen LogP contribution is -2.48. The molecule has 0 radical (unpaired) electrons. The molecular formula is C14H15FN4OS. The summed E-state index contributed by atoms with van der Waals surface area (Å²) in [5.41, 5.74) is 5.94. The molecule has 0 aliphatic carbocycles. The number of amides is 1. The molecule has 0 spiro atoms. The van der Waals surface area contributed by atoms with Crippen LogP contribution >= 0.6 is 11.3 Å². The van der Waals surface area contributed by atoms with Gasteiger partial charge in [0.2, 0.25) is 0 Å². The zero-order valence-corrected chi connectivity index (χ0v) is 12.1. The summed E-state index contributed by atoms with van der Waals surface area (Å²) in [7, 11) is 0. The maximum absolute atomic E-state index is 13.2. The van der Waals surface area contributed by atoms with Crippen LogP contribution < -0.4 is 10.6 Å². The van der Waals surface area contributed by atoms with Gasteiger partial charge in [-0.2, -0.15) is 0 Å². The van der Waals surface area contributed by atoms with Crippen molar-refractivity contribution >= 4 is 28.1 Å². The van der Waals surface area contributed by atoms with Crippen LogP contribution in [0.25, 0.3) is 0 Å². The number of thiazole rings is 1. The highest BCUT2D eigenvalue weighted by Crippen LogP contribution is 2.20. The van der Waals surface area contributed by atoms with Gasteiger partial charge in [-0.05, 0) is 18.2 Å². The van der Waals surface area contributed by atoms with E-state index in [1.165, 1.54) is 18.2 Å². The number of nitrogens with zero attached hydrogens (tertiary/aromatic N) is 3. The van der Waals surface area contributed by atoms with Crippen LogP contribution in [0.15, 0.2) is 29.8 Å². The van der Waals surface area contributed by atoms with Crippen LogP contribution in [0, 0.1) is 5.82 Å². The number of carbonyl (C=O) groups is 1. The van der Waals surface area contributed by atoms with E-state index in [1.807, 2.05) is 5.38 Å². The number of benzene rings is 1. The molecule has 5 nitrogen and oxygen atoms in total. The van der Waals surface area contributed by atoms with E-state index in [-0.39, 0.29) is 11.6 Å². The van der Waals surface area contributed by atoms with Gasteiger partial charge in [-0.1, -0.05) is 0 Å². The highest BCUT2D eigenvalue weighted by Gasteiger charge is 2.23. The molecule has 1 amide bonds. The van der Waals surface area contributed by atoms with Gasteiger partial charge in [-0.25, -0.2) is 9.37 Å². The molecule has 110 valence electrons.